The Morgan fingerprint density at radius 3 is 2.79 bits per heavy atom. The van der Waals surface area contributed by atoms with Crippen LogP contribution in [0.5, 0.6) is 0 Å². The van der Waals surface area contributed by atoms with E-state index >= 15 is 0 Å². The number of rotatable bonds is 6. The van der Waals surface area contributed by atoms with Crippen molar-refractivity contribution in [2.45, 2.75) is 6.92 Å². The number of ether oxygens (including phenoxy) is 1. The Morgan fingerprint density at radius 1 is 1.53 bits per heavy atom. The number of anilines is 2. The van der Waals surface area contributed by atoms with Crippen molar-refractivity contribution in [2.75, 3.05) is 37.4 Å². The molecule has 0 bridgehead atoms. The number of nitrogens with two attached hydrogens (primary N) is 2. The standard InChI is InChI=1S/C10H17N5O3S/c1-3-15(2)10-14-7(11)6(19-10)8(16)13-4-5-18-9(12)17/h3-5,11H2,1-2H3,(H2,12,17)(H,13,16). The van der Waals surface area contributed by atoms with Crippen molar-refractivity contribution >= 4 is 34.3 Å². The number of nitrogens with zero attached hydrogens (tertiary/aromatic N) is 2. The van der Waals surface area contributed by atoms with E-state index in [9.17, 15) is 9.59 Å². The molecule has 8 nitrogen and oxygen atoms in total. The third-order valence-electron chi connectivity index (χ3n) is 2.28. The van der Waals surface area contributed by atoms with E-state index in [0.29, 0.717) is 10.0 Å². The first-order valence-electron chi connectivity index (χ1n) is 5.63. The normalized spacial score (nSPS) is 10.0. The van der Waals surface area contributed by atoms with Crippen molar-refractivity contribution in [3.05, 3.63) is 4.88 Å². The Morgan fingerprint density at radius 2 is 2.21 bits per heavy atom. The van der Waals surface area contributed by atoms with Crippen molar-refractivity contribution in [3.63, 3.8) is 0 Å². The molecule has 1 heterocycles. The van der Waals surface area contributed by atoms with Crippen LogP contribution < -0.4 is 21.7 Å². The van der Waals surface area contributed by atoms with Crippen LogP contribution >= 0.6 is 11.3 Å². The van der Waals surface area contributed by atoms with Gasteiger partial charge in [-0.1, -0.05) is 11.3 Å². The summed E-state index contributed by atoms with van der Waals surface area (Å²) in [5.74, 6) is -0.160. The highest BCUT2D eigenvalue weighted by Crippen LogP contribution is 2.26. The maximum absolute atomic E-state index is 11.8. The molecule has 0 saturated carbocycles. The first-order chi connectivity index (χ1) is 8.95. The molecular weight excluding hydrogens is 270 g/mol. The lowest BCUT2D eigenvalue weighted by Gasteiger charge is -2.10. The molecule has 0 aliphatic rings. The van der Waals surface area contributed by atoms with Gasteiger partial charge in [-0.3, -0.25) is 4.79 Å². The summed E-state index contributed by atoms with van der Waals surface area (Å²) in [7, 11) is 1.86. The van der Waals surface area contributed by atoms with Gasteiger partial charge in [0.1, 0.15) is 17.3 Å². The van der Waals surface area contributed by atoms with E-state index in [0.717, 1.165) is 6.54 Å². The second-order valence-corrected chi connectivity index (χ2v) is 4.63. The molecule has 0 aliphatic carbocycles. The number of carbonyl (C=O) groups is 2. The zero-order valence-corrected chi connectivity index (χ0v) is 11.6. The average molecular weight is 287 g/mol. The van der Waals surface area contributed by atoms with Crippen LogP contribution in [0.3, 0.4) is 0 Å². The zero-order valence-electron chi connectivity index (χ0n) is 10.8. The monoisotopic (exact) mass is 287 g/mol. The zero-order chi connectivity index (χ0) is 14.4. The lowest BCUT2D eigenvalue weighted by molar-refractivity contribution is 0.0941. The summed E-state index contributed by atoms with van der Waals surface area (Å²) in [6.45, 7) is 2.92. The van der Waals surface area contributed by atoms with Crippen LogP contribution in [0.1, 0.15) is 16.6 Å². The first-order valence-corrected chi connectivity index (χ1v) is 6.45. The number of hydrogen-bond donors (Lipinski definition) is 3. The van der Waals surface area contributed by atoms with E-state index in [1.807, 2.05) is 18.9 Å². The topological polar surface area (TPSA) is 124 Å². The third-order valence-corrected chi connectivity index (χ3v) is 3.47. The number of carbonyl (C=O) groups excluding carboxylic acids is 2. The highest BCUT2D eigenvalue weighted by atomic mass is 32.1. The summed E-state index contributed by atoms with van der Waals surface area (Å²) in [6.07, 6.45) is -0.876. The van der Waals surface area contributed by atoms with Crippen LogP contribution in [0, 0.1) is 0 Å². The fourth-order valence-electron chi connectivity index (χ4n) is 1.18. The summed E-state index contributed by atoms with van der Waals surface area (Å²) in [5.41, 5.74) is 10.5. The van der Waals surface area contributed by atoms with Crippen molar-refractivity contribution in [2.24, 2.45) is 5.73 Å². The Balaban J connectivity index is 2.57. The Labute approximate surface area is 114 Å². The van der Waals surface area contributed by atoms with Gasteiger partial charge in [-0.2, -0.15) is 0 Å². The van der Waals surface area contributed by atoms with Gasteiger partial charge < -0.3 is 26.4 Å². The van der Waals surface area contributed by atoms with Crippen LogP contribution in [-0.2, 0) is 4.74 Å². The summed E-state index contributed by atoms with van der Waals surface area (Å²) < 4.78 is 4.49. The van der Waals surface area contributed by atoms with Crippen LogP contribution in [0.25, 0.3) is 0 Å². The molecular formula is C10H17N5O3S. The van der Waals surface area contributed by atoms with Gasteiger partial charge in [0.25, 0.3) is 5.91 Å². The van der Waals surface area contributed by atoms with E-state index in [1.54, 1.807) is 0 Å². The predicted octanol–water partition coefficient (Wildman–Crippen LogP) is 0.00650. The van der Waals surface area contributed by atoms with Crippen LogP contribution in [0.15, 0.2) is 0 Å². The van der Waals surface area contributed by atoms with E-state index in [1.165, 1.54) is 11.3 Å². The number of hydrogen-bond acceptors (Lipinski definition) is 7. The number of nitrogen functional groups attached to an aromatic ring is 1. The van der Waals surface area contributed by atoms with Crippen molar-refractivity contribution in [1.82, 2.24) is 10.3 Å². The summed E-state index contributed by atoms with van der Waals surface area (Å²) in [6, 6.07) is 0. The van der Waals surface area contributed by atoms with E-state index in [2.05, 4.69) is 15.0 Å². The first kappa shape index (κ1) is 15.0. The molecule has 0 aromatic carbocycles. The maximum Gasteiger partial charge on any atom is 0.404 e. The highest BCUT2D eigenvalue weighted by molar-refractivity contribution is 7.18. The Bertz CT molecular complexity index is 462. The summed E-state index contributed by atoms with van der Waals surface area (Å²) in [4.78, 5) is 28.5. The smallest absolute Gasteiger partial charge is 0.404 e. The largest absolute Gasteiger partial charge is 0.448 e. The average Bonchev–Trinajstić information content (AvgIpc) is 2.75. The summed E-state index contributed by atoms with van der Waals surface area (Å²) >= 11 is 1.21. The molecule has 1 aromatic rings. The maximum atomic E-state index is 11.8. The minimum absolute atomic E-state index is 0.0154. The molecule has 2 amide bonds. The van der Waals surface area contributed by atoms with Gasteiger partial charge in [0.15, 0.2) is 5.13 Å². The minimum atomic E-state index is -0.876. The molecule has 106 valence electrons. The van der Waals surface area contributed by atoms with Crippen LogP contribution in [0.4, 0.5) is 15.7 Å². The fourth-order valence-corrected chi connectivity index (χ4v) is 2.10. The highest BCUT2D eigenvalue weighted by Gasteiger charge is 2.17. The second-order valence-electron chi connectivity index (χ2n) is 3.65. The molecule has 5 N–H and O–H groups in total. The predicted molar refractivity (Wildman–Crippen MR) is 73.3 cm³/mol. The third kappa shape index (κ3) is 4.28. The second kappa shape index (κ2) is 6.78. The lowest BCUT2D eigenvalue weighted by atomic mass is 10.4. The van der Waals surface area contributed by atoms with Crippen LogP contribution in [-0.4, -0.2) is 43.7 Å². The molecule has 19 heavy (non-hydrogen) atoms. The Hall–Kier alpha value is -2.03. The van der Waals surface area contributed by atoms with Gasteiger partial charge >= 0.3 is 6.09 Å². The van der Waals surface area contributed by atoms with E-state index < -0.39 is 6.09 Å². The van der Waals surface area contributed by atoms with Crippen molar-refractivity contribution in [1.29, 1.82) is 0 Å². The van der Waals surface area contributed by atoms with E-state index in [-0.39, 0.29) is 24.9 Å². The fraction of sp³-hybridized carbons (Fsp3) is 0.500. The van der Waals surface area contributed by atoms with Crippen molar-refractivity contribution in [3.8, 4) is 0 Å². The quantitative estimate of drug-likeness (QED) is 0.633. The number of primary amides is 1. The molecule has 0 aliphatic heterocycles. The van der Waals surface area contributed by atoms with E-state index in [4.69, 9.17) is 11.5 Å². The van der Waals surface area contributed by atoms with Gasteiger partial charge in [0.2, 0.25) is 0 Å². The molecule has 0 radical (unpaired) electrons. The molecule has 1 rings (SSSR count). The molecule has 1 aromatic heterocycles. The van der Waals surface area contributed by atoms with Gasteiger partial charge in [0.05, 0.1) is 6.54 Å². The SMILES string of the molecule is CCN(C)c1nc(N)c(C(=O)NCCOC(N)=O)s1. The number of aromatic nitrogens is 1. The number of thiazole rings is 1. The lowest BCUT2D eigenvalue weighted by Crippen LogP contribution is -2.28. The molecule has 0 fully saturated rings. The number of amides is 2. The minimum Gasteiger partial charge on any atom is -0.448 e. The molecule has 0 saturated heterocycles. The molecule has 0 spiro atoms. The van der Waals surface area contributed by atoms with Gasteiger partial charge in [-0.15, -0.1) is 0 Å². The summed E-state index contributed by atoms with van der Waals surface area (Å²) in [5, 5.41) is 3.24. The molecule has 0 unspecified atom stereocenters. The van der Waals surface area contributed by atoms with Gasteiger partial charge in [0, 0.05) is 13.6 Å². The Kier molecular flexibility index (Phi) is 5.37. The molecule has 9 heteroatoms. The van der Waals surface area contributed by atoms with Gasteiger partial charge in [-0.05, 0) is 6.92 Å². The van der Waals surface area contributed by atoms with Gasteiger partial charge in [-0.25, -0.2) is 9.78 Å². The van der Waals surface area contributed by atoms with Crippen LogP contribution in [0.2, 0.25) is 0 Å². The van der Waals surface area contributed by atoms with Crippen molar-refractivity contribution < 1.29 is 14.3 Å². The number of nitrogens with one attached hydrogen (secondary N) is 1. The molecule has 0 atom stereocenters.